The standard InChI is InChI=1S/C43H75NO3/c1-3-5-7-9-11-13-15-16-17-18-19-20-21-22-23-24-25-26-27-28-29-31-33-35-37-39-43(47)44-41(40-45)42(46)38-36-34-32-30-14-12-10-8-6-4-2/h5,7,11,13,16-17,19-20,22-23,36,38,41-42,45-46H,3-4,6,8-10,12,14-15,18,21,24-35,37,39-40H2,1-2H3,(H,44,47)/b7-5-,13-11-,17-16-,20-19-,23-22-,38-36+. The van der Waals surface area contributed by atoms with Crippen LogP contribution in [0.5, 0.6) is 0 Å². The Hall–Kier alpha value is -2.17. The van der Waals surface area contributed by atoms with Crippen LogP contribution in [0.1, 0.15) is 174 Å². The summed E-state index contributed by atoms with van der Waals surface area (Å²) < 4.78 is 0. The van der Waals surface area contributed by atoms with Crippen LogP contribution in [0, 0.1) is 0 Å². The lowest BCUT2D eigenvalue weighted by atomic mass is 10.0. The van der Waals surface area contributed by atoms with E-state index < -0.39 is 12.1 Å². The van der Waals surface area contributed by atoms with Crippen LogP contribution in [0.25, 0.3) is 0 Å². The van der Waals surface area contributed by atoms with Crippen molar-refractivity contribution in [3.8, 4) is 0 Å². The second-order valence-corrected chi connectivity index (χ2v) is 13.0. The molecule has 4 nitrogen and oxygen atoms in total. The molecule has 0 aliphatic heterocycles. The molecule has 270 valence electrons. The number of hydrogen-bond donors (Lipinski definition) is 3. The van der Waals surface area contributed by atoms with E-state index >= 15 is 0 Å². The summed E-state index contributed by atoms with van der Waals surface area (Å²) in [6.07, 6.45) is 54.2. The van der Waals surface area contributed by atoms with Gasteiger partial charge in [-0.2, -0.15) is 0 Å². The number of amides is 1. The fourth-order valence-corrected chi connectivity index (χ4v) is 5.44. The van der Waals surface area contributed by atoms with Crippen molar-refractivity contribution < 1.29 is 15.0 Å². The molecule has 0 aromatic rings. The number of carbonyl (C=O) groups excluding carboxylic acids is 1. The zero-order valence-electron chi connectivity index (χ0n) is 30.8. The molecule has 0 aromatic carbocycles. The van der Waals surface area contributed by atoms with Crippen LogP contribution >= 0.6 is 0 Å². The molecule has 0 aromatic heterocycles. The van der Waals surface area contributed by atoms with E-state index in [0.717, 1.165) is 57.8 Å². The van der Waals surface area contributed by atoms with Gasteiger partial charge in [0.15, 0.2) is 0 Å². The van der Waals surface area contributed by atoms with Crippen LogP contribution in [-0.4, -0.2) is 34.9 Å². The molecule has 0 spiro atoms. The van der Waals surface area contributed by atoms with E-state index in [0.29, 0.717) is 6.42 Å². The van der Waals surface area contributed by atoms with Crippen LogP contribution in [0.4, 0.5) is 0 Å². The predicted molar refractivity (Wildman–Crippen MR) is 207 cm³/mol. The highest BCUT2D eigenvalue weighted by atomic mass is 16.3. The van der Waals surface area contributed by atoms with Crippen LogP contribution in [0.3, 0.4) is 0 Å². The minimum absolute atomic E-state index is 0.0768. The zero-order chi connectivity index (χ0) is 34.3. The molecule has 0 aliphatic carbocycles. The molecule has 2 atom stereocenters. The van der Waals surface area contributed by atoms with E-state index in [2.05, 4.69) is 79.9 Å². The SMILES string of the molecule is CC/C=C\C/C=C\C/C=C\C/C=C\C/C=C\CCCCCCCCCCCC(=O)NC(CO)C(O)/C=C/CCCCCCCCCC. The fourth-order valence-electron chi connectivity index (χ4n) is 5.44. The Morgan fingerprint density at radius 2 is 0.936 bits per heavy atom. The molecule has 0 fully saturated rings. The van der Waals surface area contributed by atoms with Crippen molar-refractivity contribution in [3.05, 3.63) is 72.9 Å². The van der Waals surface area contributed by atoms with Gasteiger partial charge in [0.1, 0.15) is 0 Å². The van der Waals surface area contributed by atoms with E-state index in [1.54, 1.807) is 6.08 Å². The summed E-state index contributed by atoms with van der Waals surface area (Å²) in [7, 11) is 0. The van der Waals surface area contributed by atoms with E-state index in [-0.39, 0.29) is 12.5 Å². The van der Waals surface area contributed by atoms with Gasteiger partial charge < -0.3 is 15.5 Å². The molecule has 0 saturated carbocycles. The molecule has 0 radical (unpaired) electrons. The van der Waals surface area contributed by atoms with Crippen LogP contribution in [0.2, 0.25) is 0 Å². The highest BCUT2D eigenvalue weighted by molar-refractivity contribution is 5.76. The summed E-state index contributed by atoms with van der Waals surface area (Å²) in [6, 6.07) is -0.627. The Morgan fingerprint density at radius 1 is 0.532 bits per heavy atom. The predicted octanol–water partition coefficient (Wildman–Crippen LogP) is 12.0. The van der Waals surface area contributed by atoms with Crippen molar-refractivity contribution in [3.63, 3.8) is 0 Å². The summed E-state index contributed by atoms with van der Waals surface area (Å²) in [6.45, 7) is 4.15. The quantitative estimate of drug-likeness (QED) is 0.0478. The maximum absolute atomic E-state index is 12.3. The van der Waals surface area contributed by atoms with Gasteiger partial charge in [-0.15, -0.1) is 0 Å². The topological polar surface area (TPSA) is 69.6 Å². The lowest BCUT2D eigenvalue weighted by Gasteiger charge is -2.20. The lowest BCUT2D eigenvalue weighted by molar-refractivity contribution is -0.123. The number of rotatable bonds is 34. The van der Waals surface area contributed by atoms with Crippen molar-refractivity contribution in [1.82, 2.24) is 5.32 Å². The Balaban J connectivity index is 3.61. The normalized spacial score (nSPS) is 13.9. The number of aliphatic hydroxyl groups is 2. The van der Waals surface area contributed by atoms with E-state index in [4.69, 9.17) is 0 Å². The minimum atomic E-state index is -0.842. The number of nitrogens with one attached hydrogen (secondary N) is 1. The average molecular weight is 654 g/mol. The lowest BCUT2D eigenvalue weighted by Crippen LogP contribution is -2.45. The molecule has 0 rings (SSSR count). The highest BCUT2D eigenvalue weighted by Gasteiger charge is 2.17. The molecule has 47 heavy (non-hydrogen) atoms. The van der Waals surface area contributed by atoms with Gasteiger partial charge in [-0.3, -0.25) is 4.79 Å². The van der Waals surface area contributed by atoms with Crippen molar-refractivity contribution >= 4 is 5.91 Å². The van der Waals surface area contributed by atoms with Crippen molar-refractivity contribution in [2.24, 2.45) is 0 Å². The first-order valence-electron chi connectivity index (χ1n) is 19.7. The summed E-state index contributed by atoms with van der Waals surface area (Å²) in [5, 5.41) is 22.8. The molecule has 0 aliphatic rings. The van der Waals surface area contributed by atoms with Gasteiger partial charge in [0.2, 0.25) is 5.91 Å². The van der Waals surface area contributed by atoms with Gasteiger partial charge in [0, 0.05) is 6.42 Å². The van der Waals surface area contributed by atoms with Crippen molar-refractivity contribution in [2.45, 2.75) is 187 Å². The summed E-state index contributed by atoms with van der Waals surface area (Å²) >= 11 is 0. The molecule has 3 N–H and O–H groups in total. The summed E-state index contributed by atoms with van der Waals surface area (Å²) in [5.41, 5.74) is 0. The second kappa shape index (κ2) is 38.3. The van der Waals surface area contributed by atoms with Crippen LogP contribution in [0.15, 0.2) is 72.9 Å². The van der Waals surface area contributed by atoms with Crippen LogP contribution in [-0.2, 0) is 4.79 Å². The number of allylic oxidation sites excluding steroid dienone is 11. The van der Waals surface area contributed by atoms with Crippen LogP contribution < -0.4 is 5.32 Å². The number of hydrogen-bond acceptors (Lipinski definition) is 3. The molecule has 1 amide bonds. The molecule has 0 saturated heterocycles. The first kappa shape index (κ1) is 44.8. The average Bonchev–Trinajstić information content (AvgIpc) is 3.07. The highest BCUT2D eigenvalue weighted by Crippen LogP contribution is 2.13. The van der Waals surface area contributed by atoms with Gasteiger partial charge in [-0.05, 0) is 64.2 Å². The van der Waals surface area contributed by atoms with Crippen molar-refractivity contribution in [1.29, 1.82) is 0 Å². The van der Waals surface area contributed by atoms with Gasteiger partial charge in [0.05, 0.1) is 18.8 Å². The first-order chi connectivity index (χ1) is 23.2. The summed E-state index contributed by atoms with van der Waals surface area (Å²) in [5.74, 6) is -0.0768. The fraction of sp³-hybridized carbons (Fsp3) is 0.698. The Kier molecular flexibility index (Phi) is 36.5. The third kappa shape index (κ3) is 35.0. The maximum atomic E-state index is 12.3. The minimum Gasteiger partial charge on any atom is -0.394 e. The van der Waals surface area contributed by atoms with Gasteiger partial charge in [-0.25, -0.2) is 0 Å². The maximum Gasteiger partial charge on any atom is 0.220 e. The van der Waals surface area contributed by atoms with Gasteiger partial charge >= 0.3 is 0 Å². The molecule has 0 bridgehead atoms. The van der Waals surface area contributed by atoms with E-state index in [9.17, 15) is 15.0 Å². The van der Waals surface area contributed by atoms with Gasteiger partial charge in [-0.1, -0.05) is 177 Å². The smallest absolute Gasteiger partial charge is 0.220 e. The van der Waals surface area contributed by atoms with Gasteiger partial charge in [0.25, 0.3) is 0 Å². The van der Waals surface area contributed by atoms with E-state index in [1.807, 2.05) is 6.08 Å². The summed E-state index contributed by atoms with van der Waals surface area (Å²) in [4.78, 5) is 12.3. The molecule has 0 heterocycles. The molecular formula is C43H75NO3. The van der Waals surface area contributed by atoms with E-state index in [1.165, 1.54) is 96.3 Å². The van der Waals surface area contributed by atoms with Crippen molar-refractivity contribution in [2.75, 3.05) is 6.61 Å². The zero-order valence-corrected chi connectivity index (χ0v) is 30.8. The molecule has 4 heteroatoms. The Labute approximate surface area is 291 Å². The second-order valence-electron chi connectivity index (χ2n) is 13.0. The number of unbranched alkanes of at least 4 members (excludes halogenated alkanes) is 17. The molecule has 2 unspecified atom stereocenters. The third-order valence-electron chi connectivity index (χ3n) is 8.45. The first-order valence-corrected chi connectivity index (χ1v) is 19.7. The Morgan fingerprint density at radius 3 is 1.40 bits per heavy atom. The molecular weight excluding hydrogens is 578 g/mol. The largest absolute Gasteiger partial charge is 0.394 e. The number of carbonyl (C=O) groups is 1. The monoisotopic (exact) mass is 654 g/mol. The third-order valence-corrected chi connectivity index (χ3v) is 8.45. The number of aliphatic hydroxyl groups excluding tert-OH is 2. The Bertz CT molecular complexity index is 838.